The summed E-state index contributed by atoms with van der Waals surface area (Å²) in [6.07, 6.45) is 5.08. The van der Waals surface area contributed by atoms with Crippen molar-refractivity contribution in [2.75, 3.05) is 24.8 Å². The molecule has 2 aliphatic rings. The molecule has 176 valence electrons. The Morgan fingerprint density at radius 1 is 1.00 bits per heavy atom. The number of halogens is 2. The smallest absolute Gasteiger partial charge is 0.278 e. The number of hydrogen-bond donors (Lipinski definition) is 1. The van der Waals surface area contributed by atoms with E-state index >= 15 is 0 Å². The minimum atomic E-state index is -0.619. The highest BCUT2D eigenvalue weighted by Gasteiger charge is 2.37. The van der Waals surface area contributed by atoms with Crippen LogP contribution in [-0.4, -0.2) is 40.4 Å². The highest BCUT2D eigenvalue weighted by atomic mass is 35.5. The molecule has 1 aromatic heterocycles. The number of carbonyl (C=O) groups is 1. The van der Waals surface area contributed by atoms with Crippen molar-refractivity contribution in [3.8, 4) is 11.5 Å². The Hall–Kier alpha value is -3.42. The fourth-order valence-corrected chi connectivity index (χ4v) is 4.57. The molecule has 0 saturated heterocycles. The molecule has 3 heterocycles. The highest BCUT2D eigenvalue weighted by molar-refractivity contribution is 6.43. The molecule has 3 aromatic rings. The molecular formula is C25H23Cl2N3O4. The molecule has 0 radical (unpaired) electrons. The van der Waals surface area contributed by atoms with Gasteiger partial charge in [-0.25, -0.2) is 0 Å². The van der Waals surface area contributed by atoms with Crippen LogP contribution in [0.25, 0.3) is 0 Å². The van der Waals surface area contributed by atoms with Crippen molar-refractivity contribution in [1.82, 2.24) is 9.58 Å². The minimum absolute atomic E-state index is 0. The second-order valence-electron chi connectivity index (χ2n) is 7.71. The number of pyridine rings is 1. The summed E-state index contributed by atoms with van der Waals surface area (Å²) in [6, 6.07) is 13.9. The summed E-state index contributed by atoms with van der Waals surface area (Å²) in [5.41, 5.74) is 0.909. The molecule has 2 bridgehead atoms. The lowest BCUT2D eigenvalue weighted by atomic mass is 9.97. The van der Waals surface area contributed by atoms with E-state index in [2.05, 4.69) is 0 Å². The molecule has 5 rings (SSSR count). The van der Waals surface area contributed by atoms with Crippen LogP contribution in [0.15, 0.2) is 71.7 Å². The fourth-order valence-electron chi connectivity index (χ4n) is 4.19. The molecule has 34 heavy (non-hydrogen) atoms. The lowest BCUT2D eigenvalue weighted by Crippen LogP contribution is -2.55. The van der Waals surface area contributed by atoms with Crippen LogP contribution in [0, 0.1) is 0 Å². The summed E-state index contributed by atoms with van der Waals surface area (Å²) >= 11 is 12.9. The summed E-state index contributed by atoms with van der Waals surface area (Å²) in [6.45, 7) is 0.692. The van der Waals surface area contributed by atoms with E-state index in [4.69, 9.17) is 27.9 Å². The number of nitrogens with zero attached hydrogens (tertiary/aromatic N) is 3. The first kappa shape index (κ1) is 23.7. The van der Waals surface area contributed by atoms with E-state index in [1.54, 1.807) is 23.1 Å². The normalized spacial score (nSPS) is 18.1. The standard InChI is InChI=1S/C24H19Cl2N3O4.CH4/c25-17-9-8-16-20(15-6-2-1-3-7-15)29-14-27(11-4-5-13-33-23(16)19(17)26)24(32)21-22(31)18(30)10-12-28(21)29;/h1-10,12,20,31H,11,13-14H2;1H4/b5-4-;/t20-;/m0./s1. The second-order valence-corrected chi connectivity index (χ2v) is 8.49. The van der Waals surface area contributed by atoms with Crippen LogP contribution >= 0.6 is 23.2 Å². The predicted molar refractivity (Wildman–Crippen MR) is 133 cm³/mol. The number of fused-ring (bicyclic) bond motifs is 5. The van der Waals surface area contributed by atoms with Crippen molar-refractivity contribution >= 4 is 29.1 Å². The van der Waals surface area contributed by atoms with Crippen molar-refractivity contribution in [3.63, 3.8) is 0 Å². The predicted octanol–water partition coefficient (Wildman–Crippen LogP) is 4.59. The van der Waals surface area contributed by atoms with E-state index in [1.807, 2.05) is 41.4 Å². The van der Waals surface area contributed by atoms with Gasteiger partial charge in [0.25, 0.3) is 5.91 Å². The first-order valence-corrected chi connectivity index (χ1v) is 11.0. The van der Waals surface area contributed by atoms with Crippen LogP contribution in [0.2, 0.25) is 10.0 Å². The largest absolute Gasteiger partial charge is 0.502 e. The van der Waals surface area contributed by atoms with Crippen molar-refractivity contribution in [1.29, 1.82) is 0 Å². The Bertz CT molecular complexity index is 1320. The Morgan fingerprint density at radius 2 is 1.76 bits per heavy atom. The third kappa shape index (κ3) is 3.91. The summed E-state index contributed by atoms with van der Waals surface area (Å²) in [4.78, 5) is 27.0. The van der Waals surface area contributed by atoms with Gasteiger partial charge in [0.2, 0.25) is 5.43 Å². The Kier molecular flexibility index (Phi) is 6.59. The average Bonchev–Trinajstić information content (AvgIpc) is 2.85. The average molecular weight is 500 g/mol. The van der Waals surface area contributed by atoms with Crippen LogP contribution in [0.4, 0.5) is 0 Å². The Labute approximate surface area is 207 Å². The first-order valence-electron chi connectivity index (χ1n) is 10.3. The maximum Gasteiger partial charge on any atom is 0.278 e. The van der Waals surface area contributed by atoms with Gasteiger partial charge in [0.1, 0.15) is 30.1 Å². The van der Waals surface area contributed by atoms with Gasteiger partial charge in [-0.05, 0) is 17.7 Å². The molecule has 2 aromatic carbocycles. The Morgan fingerprint density at radius 3 is 2.53 bits per heavy atom. The van der Waals surface area contributed by atoms with Crippen LogP contribution in [-0.2, 0) is 0 Å². The fraction of sp³-hybridized carbons (Fsp3) is 0.200. The van der Waals surface area contributed by atoms with Crippen molar-refractivity contribution in [2.24, 2.45) is 0 Å². The number of aromatic nitrogens is 1. The molecule has 1 N–H and O–H groups in total. The maximum absolute atomic E-state index is 13.2. The van der Waals surface area contributed by atoms with Crippen LogP contribution < -0.4 is 15.2 Å². The summed E-state index contributed by atoms with van der Waals surface area (Å²) < 4.78 is 7.58. The van der Waals surface area contributed by atoms with E-state index in [-0.39, 0.29) is 38.0 Å². The first-order chi connectivity index (χ1) is 16.0. The molecule has 1 atom stereocenters. The van der Waals surface area contributed by atoms with Crippen molar-refractivity contribution < 1.29 is 14.6 Å². The van der Waals surface area contributed by atoms with Gasteiger partial charge in [-0.15, -0.1) is 0 Å². The summed E-state index contributed by atoms with van der Waals surface area (Å²) in [5, 5.41) is 13.1. The zero-order chi connectivity index (χ0) is 23.1. The van der Waals surface area contributed by atoms with E-state index in [0.29, 0.717) is 10.8 Å². The molecule has 2 aliphatic heterocycles. The van der Waals surface area contributed by atoms with Gasteiger partial charge < -0.3 is 14.7 Å². The second kappa shape index (κ2) is 9.44. The molecule has 0 spiro atoms. The van der Waals surface area contributed by atoms with Crippen LogP contribution in [0.3, 0.4) is 0 Å². The molecule has 0 saturated carbocycles. The van der Waals surface area contributed by atoms with Gasteiger partial charge in [0.15, 0.2) is 11.4 Å². The minimum Gasteiger partial charge on any atom is -0.502 e. The van der Waals surface area contributed by atoms with Gasteiger partial charge in [-0.1, -0.05) is 73.1 Å². The third-order valence-corrected chi connectivity index (χ3v) is 6.53. The van der Waals surface area contributed by atoms with E-state index in [9.17, 15) is 14.7 Å². The zero-order valence-electron chi connectivity index (χ0n) is 17.3. The number of carbonyl (C=O) groups excluding carboxylic acids is 1. The maximum atomic E-state index is 13.2. The molecule has 9 heteroatoms. The van der Waals surface area contributed by atoms with E-state index < -0.39 is 23.1 Å². The van der Waals surface area contributed by atoms with E-state index in [1.165, 1.54) is 16.9 Å². The summed E-state index contributed by atoms with van der Waals surface area (Å²) in [5.74, 6) is -0.597. The van der Waals surface area contributed by atoms with Gasteiger partial charge >= 0.3 is 0 Å². The topological polar surface area (TPSA) is 75.0 Å². The van der Waals surface area contributed by atoms with E-state index in [0.717, 1.165) is 11.1 Å². The van der Waals surface area contributed by atoms with Crippen molar-refractivity contribution in [2.45, 2.75) is 13.5 Å². The molecule has 7 nitrogen and oxygen atoms in total. The lowest BCUT2D eigenvalue weighted by molar-refractivity contribution is 0.0701. The SMILES string of the molecule is C.O=C1c2c(O)c(=O)ccn2N2CN1C/C=C\COc1c(ccc(Cl)c1Cl)[C@@H]2c1ccccc1. The lowest BCUT2D eigenvalue weighted by Gasteiger charge is -2.43. The van der Waals surface area contributed by atoms with Gasteiger partial charge in [0, 0.05) is 24.4 Å². The number of amides is 1. The number of benzene rings is 2. The highest BCUT2D eigenvalue weighted by Crippen LogP contribution is 2.43. The molecule has 0 unspecified atom stereocenters. The number of aromatic hydroxyl groups is 1. The zero-order valence-corrected chi connectivity index (χ0v) is 18.8. The van der Waals surface area contributed by atoms with Gasteiger partial charge in [-0.2, -0.15) is 0 Å². The van der Waals surface area contributed by atoms with Gasteiger partial charge in [-0.3, -0.25) is 19.3 Å². The Balaban J connectivity index is 0.00000274. The number of ether oxygens (including phenoxy) is 1. The quantitative estimate of drug-likeness (QED) is 0.495. The monoisotopic (exact) mass is 499 g/mol. The van der Waals surface area contributed by atoms with Crippen LogP contribution in [0.1, 0.15) is 35.1 Å². The number of rotatable bonds is 1. The van der Waals surface area contributed by atoms with Crippen molar-refractivity contribution in [3.05, 3.63) is 104 Å². The molecule has 0 aliphatic carbocycles. The van der Waals surface area contributed by atoms with Crippen LogP contribution in [0.5, 0.6) is 11.5 Å². The van der Waals surface area contributed by atoms with Gasteiger partial charge in [0.05, 0.1) is 5.02 Å². The molecular weight excluding hydrogens is 477 g/mol. The molecule has 1 amide bonds. The third-order valence-electron chi connectivity index (χ3n) is 5.74. The summed E-state index contributed by atoms with van der Waals surface area (Å²) in [7, 11) is 0. The number of hydrogen-bond acceptors (Lipinski definition) is 5. The molecule has 0 fully saturated rings.